The molecule has 0 unspecified atom stereocenters. The Kier molecular flexibility index (Phi) is 4.89. The molecule has 2 heterocycles. The van der Waals surface area contributed by atoms with Crippen molar-refractivity contribution in [3.63, 3.8) is 0 Å². The van der Waals surface area contributed by atoms with Crippen molar-refractivity contribution in [2.45, 2.75) is 31.5 Å². The van der Waals surface area contributed by atoms with Crippen LogP contribution in [0.15, 0.2) is 54.6 Å². The highest BCUT2D eigenvalue weighted by Gasteiger charge is 2.49. The first-order valence-electron chi connectivity index (χ1n) is 9.49. The number of fused-ring (bicyclic) bond motifs is 1. The normalized spacial score (nSPS) is 24.8. The Bertz CT molecular complexity index is 888. The molecule has 5 nitrogen and oxygen atoms in total. The highest BCUT2D eigenvalue weighted by Crippen LogP contribution is 2.34. The zero-order valence-corrected chi connectivity index (χ0v) is 15.8. The zero-order valence-electron chi connectivity index (χ0n) is 15.8. The van der Waals surface area contributed by atoms with Crippen molar-refractivity contribution < 1.29 is 18.7 Å². The lowest BCUT2D eigenvalue weighted by Crippen LogP contribution is -2.67. The van der Waals surface area contributed by atoms with Crippen LogP contribution in [-0.4, -0.2) is 53.0 Å². The number of nitrogens with zero attached hydrogens (tertiary/aromatic N) is 2. The first-order chi connectivity index (χ1) is 13.5. The van der Waals surface area contributed by atoms with Gasteiger partial charge in [-0.25, -0.2) is 4.39 Å². The molecule has 2 aromatic rings. The SMILES string of the molecule is C[C@@]12CN(C(=O)c3ccccc3F)CC[C@H]1N(Cc1ccccc1)C(=O)CO2. The topological polar surface area (TPSA) is 49.9 Å². The number of rotatable bonds is 3. The van der Waals surface area contributed by atoms with Crippen LogP contribution in [0.3, 0.4) is 0 Å². The number of likely N-dealkylation sites (tertiary alicyclic amines) is 1. The summed E-state index contributed by atoms with van der Waals surface area (Å²) in [5.74, 6) is -0.904. The molecule has 28 heavy (non-hydrogen) atoms. The van der Waals surface area contributed by atoms with Gasteiger partial charge < -0.3 is 14.5 Å². The minimum absolute atomic E-state index is 0.0123. The number of carbonyl (C=O) groups is 2. The fourth-order valence-electron chi connectivity index (χ4n) is 4.21. The number of morpholine rings is 1. The average molecular weight is 382 g/mol. The molecule has 2 aliphatic rings. The Morgan fingerprint density at radius 1 is 1.18 bits per heavy atom. The molecule has 0 aliphatic carbocycles. The Morgan fingerprint density at radius 3 is 2.64 bits per heavy atom. The summed E-state index contributed by atoms with van der Waals surface area (Å²) in [6, 6.07) is 15.7. The second-order valence-electron chi connectivity index (χ2n) is 7.62. The van der Waals surface area contributed by atoms with E-state index in [2.05, 4.69) is 0 Å². The largest absolute Gasteiger partial charge is 0.361 e. The van der Waals surface area contributed by atoms with E-state index < -0.39 is 11.4 Å². The van der Waals surface area contributed by atoms with Crippen LogP contribution in [0.4, 0.5) is 4.39 Å². The number of halogens is 1. The number of piperidine rings is 1. The third-order valence-electron chi connectivity index (χ3n) is 5.69. The van der Waals surface area contributed by atoms with Crippen molar-refractivity contribution >= 4 is 11.8 Å². The van der Waals surface area contributed by atoms with Crippen molar-refractivity contribution in [1.82, 2.24) is 9.80 Å². The Labute approximate surface area is 163 Å². The molecule has 2 aliphatic heterocycles. The smallest absolute Gasteiger partial charge is 0.256 e. The summed E-state index contributed by atoms with van der Waals surface area (Å²) < 4.78 is 20.0. The number of benzene rings is 2. The summed E-state index contributed by atoms with van der Waals surface area (Å²) in [7, 11) is 0. The van der Waals surface area contributed by atoms with Gasteiger partial charge in [0.15, 0.2) is 0 Å². The van der Waals surface area contributed by atoms with Crippen LogP contribution in [0, 0.1) is 5.82 Å². The minimum atomic E-state index is -0.679. The van der Waals surface area contributed by atoms with Gasteiger partial charge in [-0.2, -0.15) is 0 Å². The van der Waals surface area contributed by atoms with Crippen LogP contribution < -0.4 is 0 Å². The molecule has 2 amide bonds. The van der Waals surface area contributed by atoms with Crippen LogP contribution in [0.1, 0.15) is 29.3 Å². The monoisotopic (exact) mass is 382 g/mol. The van der Waals surface area contributed by atoms with E-state index in [1.807, 2.05) is 42.2 Å². The molecule has 0 N–H and O–H groups in total. The van der Waals surface area contributed by atoms with E-state index in [-0.39, 0.29) is 30.0 Å². The highest BCUT2D eigenvalue weighted by atomic mass is 19.1. The number of hydrogen-bond donors (Lipinski definition) is 0. The Balaban J connectivity index is 1.54. The lowest BCUT2D eigenvalue weighted by Gasteiger charge is -2.52. The van der Waals surface area contributed by atoms with Crippen LogP contribution in [0.2, 0.25) is 0 Å². The molecule has 0 saturated carbocycles. The second kappa shape index (κ2) is 7.36. The van der Waals surface area contributed by atoms with E-state index in [0.717, 1.165) is 5.56 Å². The van der Waals surface area contributed by atoms with Gasteiger partial charge in [0.1, 0.15) is 18.0 Å². The van der Waals surface area contributed by atoms with Crippen LogP contribution in [0.5, 0.6) is 0 Å². The number of hydrogen-bond acceptors (Lipinski definition) is 3. The van der Waals surface area contributed by atoms with E-state index in [4.69, 9.17) is 4.74 Å². The molecule has 0 radical (unpaired) electrons. The lowest BCUT2D eigenvalue weighted by molar-refractivity contribution is -0.186. The van der Waals surface area contributed by atoms with Crippen molar-refractivity contribution in [3.05, 3.63) is 71.5 Å². The fourth-order valence-corrected chi connectivity index (χ4v) is 4.21. The first-order valence-corrected chi connectivity index (χ1v) is 9.49. The fraction of sp³-hybridized carbons (Fsp3) is 0.364. The predicted molar refractivity (Wildman–Crippen MR) is 102 cm³/mol. The summed E-state index contributed by atoms with van der Waals surface area (Å²) in [4.78, 5) is 28.9. The predicted octanol–water partition coefficient (Wildman–Crippen LogP) is 2.86. The van der Waals surface area contributed by atoms with E-state index in [9.17, 15) is 14.0 Å². The average Bonchev–Trinajstić information content (AvgIpc) is 2.71. The molecule has 2 aromatic carbocycles. The van der Waals surface area contributed by atoms with Crippen LogP contribution >= 0.6 is 0 Å². The second-order valence-corrected chi connectivity index (χ2v) is 7.62. The molecule has 4 rings (SSSR count). The molecule has 0 spiro atoms. The van der Waals surface area contributed by atoms with Crippen molar-refractivity contribution in [1.29, 1.82) is 0 Å². The van der Waals surface area contributed by atoms with Gasteiger partial charge in [-0.1, -0.05) is 42.5 Å². The Hall–Kier alpha value is -2.73. The maximum absolute atomic E-state index is 14.0. The van der Waals surface area contributed by atoms with E-state index >= 15 is 0 Å². The van der Waals surface area contributed by atoms with Crippen molar-refractivity contribution in [2.24, 2.45) is 0 Å². The molecular weight excluding hydrogens is 359 g/mol. The summed E-state index contributed by atoms with van der Waals surface area (Å²) in [5.41, 5.74) is 0.449. The van der Waals surface area contributed by atoms with Crippen LogP contribution in [-0.2, 0) is 16.1 Å². The van der Waals surface area contributed by atoms with Gasteiger partial charge in [-0.15, -0.1) is 0 Å². The third kappa shape index (κ3) is 3.40. The van der Waals surface area contributed by atoms with Crippen molar-refractivity contribution in [2.75, 3.05) is 19.7 Å². The summed E-state index contributed by atoms with van der Waals surface area (Å²) in [6.45, 7) is 3.22. The lowest BCUT2D eigenvalue weighted by atomic mass is 9.85. The standard InChI is InChI=1S/C22H23FN2O3/c1-22-15-24(21(27)17-9-5-6-10-18(17)23)12-11-19(22)25(20(26)14-28-22)13-16-7-3-2-4-8-16/h2-10,19H,11-15H2,1H3/t19-,22-/m1/s1. The summed E-state index contributed by atoms with van der Waals surface area (Å²) in [5, 5.41) is 0. The van der Waals surface area contributed by atoms with Gasteiger partial charge in [0, 0.05) is 13.1 Å². The Morgan fingerprint density at radius 2 is 1.89 bits per heavy atom. The van der Waals surface area contributed by atoms with Crippen molar-refractivity contribution in [3.8, 4) is 0 Å². The maximum atomic E-state index is 14.0. The van der Waals surface area contributed by atoms with Gasteiger partial charge in [0.25, 0.3) is 5.91 Å². The van der Waals surface area contributed by atoms with E-state index in [1.165, 1.54) is 12.1 Å². The number of carbonyl (C=O) groups excluding carboxylic acids is 2. The molecule has 0 bridgehead atoms. The summed E-state index contributed by atoms with van der Waals surface area (Å²) >= 11 is 0. The molecule has 6 heteroatoms. The number of amides is 2. The van der Waals surface area contributed by atoms with E-state index in [1.54, 1.807) is 17.0 Å². The van der Waals surface area contributed by atoms with Gasteiger partial charge in [0.05, 0.1) is 18.2 Å². The molecule has 146 valence electrons. The summed E-state index contributed by atoms with van der Waals surface area (Å²) in [6.07, 6.45) is 0.593. The third-order valence-corrected chi connectivity index (χ3v) is 5.69. The first kappa shape index (κ1) is 18.6. The van der Waals surface area contributed by atoms with Gasteiger partial charge >= 0.3 is 0 Å². The molecule has 0 aromatic heterocycles. The van der Waals surface area contributed by atoms with Gasteiger partial charge in [0.2, 0.25) is 5.91 Å². The number of ether oxygens (including phenoxy) is 1. The highest BCUT2D eigenvalue weighted by molar-refractivity contribution is 5.94. The zero-order chi connectivity index (χ0) is 19.7. The molecule has 2 atom stereocenters. The minimum Gasteiger partial charge on any atom is -0.361 e. The molecular formula is C22H23FN2O3. The molecule has 2 saturated heterocycles. The van der Waals surface area contributed by atoms with Crippen LogP contribution in [0.25, 0.3) is 0 Å². The molecule has 2 fully saturated rings. The van der Waals surface area contributed by atoms with Gasteiger partial charge in [-0.05, 0) is 31.0 Å². The van der Waals surface area contributed by atoms with E-state index in [0.29, 0.717) is 26.1 Å². The quantitative estimate of drug-likeness (QED) is 0.820. The van der Waals surface area contributed by atoms with Gasteiger partial charge in [-0.3, -0.25) is 9.59 Å². The maximum Gasteiger partial charge on any atom is 0.256 e.